The highest BCUT2D eigenvalue weighted by Crippen LogP contribution is 2.33. The van der Waals surface area contributed by atoms with Crippen LogP contribution in [0, 0.1) is 0 Å². The minimum Gasteiger partial charge on any atom is -0.504 e. The third-order valence-electron chi connectivity index (χ3n) is 5.64. The predicted octanol–water partition coefficient (Wildman–Crippen LogP) is 6.96. The molecule has 0 aliphatic heterocycles. The van der Waals surface area contributed by atoms with Crippen LogP contribution in [-0.2, 0) is 0 Å². The molecular weight excluding hydrogens is 476 g/mol. The summed E-state index contributed by atoms with van der Waals surface area (Å²) in [6.45, 7) is 4.60. The van der Waals surface area contributed by atoms with Gasteiger partial charge in [0.1, 0.15) is 0 Å². The van der Waals surface area contributed by atoms with Crippen LogP contribution in [0.1, 0.15) is 36.1 Å². The molecule has 4 aromatic rings. The molecule has 0 atom stereocenters. The maximum absolute atomic E-state index is 10.7. The van der Waals surface area contributed by atoms with Gasteiger partial charge in [-0.2, -0.15) is 0 Å². The van der Waals surface area contributed by atoms with Crippen LogP contribution in [0.3, 0.4) is 0 Å². The molecular formula is C32H30N2O4. The maximum atomic E-state index is 10.7. The highest BCUT2D eigenvalue weighted by atomic mass is 16.5. The number of para-hydroxylation sites is 2. The molecule has 6 nitrogen and oxygen atoms in total. The average molecular weight is 507 g/mol. The van der Waals surface area contributed by atoms with Crippen molar-refractivity contribution in [2.24, 2.45) is 9.98 Å². The van der Waals surface area contributed by atoms with Crippen molar-refractivity contribution in [3.8, 4) is 23.0 Å². The van der Waals surface area contributed by atoms with E-state index in [2.05, 4.69) is 0 Å². The summed E-state index contributed by atoms with van der Waals surface area (Å²) in [7, 11) is 0. The van der Waals surface area contributed by atoms with Gasteiger partial charge in [-0.05, 0) is 38.1 Å². The van der Waals surface area contributed by atoms with Crippen LogP contribution in [0.4, 0.5) is 0 Å². The third-order valence-corrected chi connectivity index (χ3v) is 5.64. The molecule has 0 saturated carbocycles. The highest BCUT2D eigenvalue weighted by Gasteiger charge is 2.13. The average Bonchev–Trinajstić information content (AvgIpc) is 2.95. The summed E-state index contributed by atoms with van der Waals surface area (Å²) in [4.78, 5) is 9.65. The van der Waals surface area contributed by atoms with E-state index in [-0.39, 0.29) is 11.5 Å². The van der Waals surface area contributed by atoms with Crippen LogP contribution in [0.15, 0.2) is 107 Å². The quantitative estimate of drug-likeness (QED) is 0.180. The first kappa shape index (κ1) is 26.2. The van der Waals surface area contributed by atoms with E-state index >= 15 is 0 Å². The summed E-state index contributed by atoms with van der Waals surface area (Å²) in [5.74, 6) is 0.834. The van der Waals surface area contributed by atoms with Crippen LogP contribution < -0.4 is 9.47 Å². The van der Waals surface area contributed by atoms with Gasteiger partial charge in [0.15, 0.2) is 23.0 Å². The zero-order valence-electron chi connectivity index (χ0n) is 21.4. The largest absolute Gasteiger partial charge is 0.504 e. The van der Waals surface area contributed by atoms with Crippen molar-refractivity contribution in [3.63, 3.8) is 0 Å². The maximum Gasteiger partial charge on any atom is 0.166 e. The van der Waals surface area contributed by atoms with Crippen molar-refractivity contribution < 1.29 is 19.7 Å². The van der Waals surface area contributed by atoms with Gasteiger partial charge in [0, 0.05) is 34.7 Å². The van der Waals surface area contributed by atoms with Gasteiger partial charge < -0.3 is 19.7 Å². The van der Waals surface area contributed by atoms with Gasteiger partial charge in [-0.25, -0.2) is 0 Å². The number of phenols is 2. The number of nitrogens with zero attached hydrogens (tertiary/aromatic N) is 2. The topological polar surface area (TPSA) is 83.6 Å². The monoisotopic (exact) mass is 506 g/mol. The van der Waals surface area contributed by atoms with Crippen LogP contribution >= 0.6 is 0 Å². The smallest absolute Gasteiger partial charge is 0.166 e. The Balaban J connectivity index is 1.89. The van der Waals surface area contributed by atoms with Crippen molar-refractivity contribution in [2.75, 3.05) is 13.2 Å². The number of aliphatic imine (C=N–C) groups is 2. The number of ether oxygens (including phenoxy) is 2. The van der Waals surface area contributed by atoms with Crippen LogP contribution in [0.2, 0.25) is 0 Å². The molecule has 0 bridgehead atoms. The van der Waals surface area contributed by atoms with Gasteiger partial charge in [-0.15, -0.1) is 0 Å². The molecule has 0 unspecified atom stereocenters. The van der Waals surface area contributed by atoms with E-state index in [1.807, 2.05) is 86.6 Å². The van der Waals surface area contributed by atoms with E-state index in [1.54, 1.807) is 36.7 Å². The third kappa shape index (κ3) is 6.28. The minimum absolute atomic E-state index is 0.0212. The zero-order chi connectivity index (χ0) is 26.7. The number of phenolic OH excluding ortho intramolecular Hbond substituents is 2. The summed E-state index contributed by atoms with van der Waals surface area (Å²) in [6, 6.07) is 30.0. The Labute approximate surface area is 222 Å². The van der Waals surface area contributed by atoms with Crippen molar-refractivity contribution in [1.82, 2.24) is 0 Å². The molecule has 0 aliphatic rings. The molecule has 0 aliphatic carbocycles. The zero-order valence-corrected chi connectivity index (χ0v) is 21.4. The first-order chi connectivity index (χ1) is 18.6. The van der Waals surface area contributed by atoms with E-state index in [9.17, 15) is 10.2 Å². The summed E-state index contributed by atoms with van der Waals surface area (Å²) >= 11 is 0. The number of rotatable bonds is 10. The van der Waals surface area contributed by atoms with Crippen LogP contribution in [-0.4, -0.2) is 35.9 Å². The van der Waals surface area contributed by atoms with Gasteiger partial charge in [-0.3, -0.25) is 9.98 Å². The predicted molar refractivity (Wildman–Crippen MR) is 153 cm³/mol. The number of aromatic hydroxyl groups is 2. The Bertz CT molecular complexity index is 1330. The van der Waals surface area contributed by atoms with Crippen LogP contribution in [0.5, 0.6) is 23.0 Å². The van der Waals surface area contributed by atoms with Gasteiger partial charge in [0.25, 0.3) is 0 Å². The molecule has 0 saturated heterocycles. The van der Waals surface area contributed by atoms with E-state index in [0.29, 0.717) is 47.2 Å². The SMILES string of the molecule is CCOc1cccc(C=N/C(=C(/N=Cc2cccc(OCC)c2O)c2ccccc2)c2ccccc2)c1O. The fourth-order valence-corrected chi connectivity index (χ4v) is 3.84. The molecule has 4 rings (SSSR count). The molecule has 0 radical (unpaired) electrons. The lowest BCUT2D eigenvalue weighted by atomic mass is 10.0. The number of hydrogen-bond acceptors (Lipinski definition) is 6. The molecule has 4 aromatic carbocycles. The standard InChI is InChI=1S/C32H30N2O4/c1-3-37-27-19-11-17-25(31(27)35)21-33-29(23-13-7-5-8-14-23)30(24-15-9-6-10-16-24)34-22-26-18-12-20-28(32(26)36)38-4-2/h5-22,35-36H,3-4H2,1-2H3/b30-29+,33-21?,34-22?. The molecule has 0 spiro atoms. The minimum atomic E-state index is 0.0212. The fourth-order valence-electron chi connectivity index (χ4n) is 3.84. The first-order valence-electron chi connectivity index (χ1n) is 12.4. The van der Waals surface area contributed by atoms with Gasteiger partial charge in [0.05, 0.1) is 24.6 Å². The highest BCUT2D eigenvalue weighted by molar-refractivity contribution is 5.99. The van der Waals surface area contributed by atoms with Crippen molar-refractivity contribution in [2.45, 2.75) is 13.8 Å². The molecule has 192 valence electrons. The Morgan fingerprint density at radius 2 is 0.974 bits per heavy atom. The van der Waals surface area contributed by atoms with Gasteiger partial charge in [0.2, 0.25) is 0 Å². The fraction of sp³-hybridized carbons (Fsp3) is 0.125. The molecule has 6 heteroatoms. The molecule has 0 aromatic heterocycles. The van der Waals surface area contributed by atoms with E-state index in [1.165, 1.54) is 0 Å². The van der Waals surface area contributed by atoms with E-state index in [0.717, 1.165) is 11.1 Å². The summed E-state index contributed by atoms with van der Waals surface area (Å²) in [5, 5.41) is 21.4. The Morgan fingerprint density at radius 3 is 1.34 bits per heavy atom. The lowest BCUT2D eigenvalue weighted by Crippen LogP contribution is -1.95. The van der Waals surface area contributed by atoms with Crippen molar-refractivity contribution in [3.05, 3.63) is 119 Å². The molecule has 0 fully saturated rings. The van der Waals surface area contributed by atoms with Crippen LogP contribution in [0.25, 0.3) is 11.4 Å². The van der Waals surface area contributed by atoms with Gasteiger partial charge >= 0.3 is 0 Å². The normalized spacial score (nSPS) is 12.1. The van der Waals surface area contributed by atoms with Gasteiger partial charge in [-0.1, -0.05) is 72.8 Å². The van der Waals surface area contributed by atoms with Crippen molar-refractivity contribution >= 4 is 23.8 Å². The lowest BCUT2D eigenvalue weighted by molar-refractivity contribution is 0.318. The number of benzene rings is 4. The van der Waals surface area contributed by atoms with Crippen molar-refractivity contribution in [1.29, 1.82) is 0 Å². The van der Waals surface area contributed by atoms with E-state index < -0.39 is 0 Å². The lowest BCUT2D eigenvalue weighted by Gasteiger charge is -2.11. The summed E-state index contributed by atoms with van der Waals surface area (Å²) in [5.41, 5.74) is 3.90. The molecule has 2 N–H and O–H groups in total. The van der Waals surface area contributed by atoms with E-state index in [4.69, 9.17) is 19.5 Å². The summed E-state index contributed by atoms with van der Waals surface area (Å²) < 4.78 is 11.1. The second-order valence-corrected chi connectivity index (χ2v) is 8.20. The second kappa shape index (κ2) is 12.9. The first-order valence-corrected chi connectivity index (χ1v) is 12.4. The second-order valence-electron chi connectivity index (χ2n) is 8.20. The Kier molecular flexibility index (Phi) is 8.92. The number of hydrogen-bond donors (Lipinski definition) is 2. The Hall–Kier alpha value is -4.84. The molecule has 0 heterocycles. The summed E-state index contributed by atoms with van der Waals surface area (Å²) in [6.07, 6.45) is 3.21. The molecule has 38 heavy (non-hydrogen) atoms. The Morgan fingerprint density at radius 1 is 0.579 bits per heavy atom. The molecule has 0 amide bonds.